The van der Waals surface area contributed by atoms with Gasteiger partial charge in [-0.3, -0.25) is 10.3 Å². The van der Waals surface area contributed by atoms with Crippen molar-refractivity contribution in [1.82, 2.24) is 15.3 Å². The Bertz CT molecular complexity index is 484. The minimum Gasteiger partial charge on any atom is -0.337 e. The highest BCUT2D eigenvalue weighted by atomic mass is 16.2. The third-order valence-electron chi connectivity index (χ3n) is 2.79. The second-order valence-electron chi connectivity index (χ2n) is 5.04. The zero-order chi connectivity index (χ0) is 15.0. The van der Waals surface area contributed by atoms with Crippen LogP contribution in [0.1, 0.15) is 32.3 Å². The van der Waals surface area contributed by atoms with Gasteiger partial charge in [-0.2, -0.15) is 0 Å². The number of amides is 2. The highest BCUT2D eigenvalue weighted by Crippen LogP contribution is 2.14. The molecule has 1 heterocycles. The van der Waals surface area contributed by atoms with Crippen molar-refractivity contribution in [2.75, 3.05) is 18.4 Å². The van der Waals surface area contributed by atoms with Crippen LogP contribution < -0.4 is 22.1 Å². The summed E-state index contributed by atoms with van der Waals surface area (Å²) in [6.45, 7) is 5.06. The van der Waals surface area contributed by atoms with Crippen LogP contribution in [0.3, 0.4) is 0 Å². The van der Waals surface area contributed by atoms with Gasteiger partial charge in [-0.25, -0.2) is 14.6 Å². The standard InChI is InChI=1S/C13H23N5O2/c1-9(2)4-3-5-10-8-16-13(20)18-11(10)17-12(19)15-7-6-14/h8-9H,3-7,14H2,1-2H3,(H3,15,16,17,18,19,20). The molecule has 20 heavy (non-hydrogen) atoms. The van der Waals surface area contributed by atoms with E-state index in [4.69, 9.17) is 5.73 Å². The fourth-order valence-corrected chi connectivity index (χ4v) is 1.77. The number of carbonyl (C=O) groups excluding carboxylic acids is 1. The van der Waals surface area contributed by atoms with Gasteiger partial charge in [0.05, 0.1) is 0 Å². The molecular weight excluding hydrogens is 258 g/mol. The summed E-state index contributed by atoms with van der Waals surface area (Å²) in [6.07, 6.45) is 4.33. The first-order chi connectivity index (χ1) is 9.52. The van der Waals surface area contributed by atoms with E-state index in [1.165, 1.54) is 6.20 Å². The SMILES string of the molecule is CC(C)CCCc1cnc(=O)[nH]c1NC(=O)NCCN. The summed E-state index contributed by atoms with van der Waals surface area (Å²) in [6, 6.07) is -0.387. The van der Waals surface area contributed by atoms with Crippen LogP contribution in [-0.2, 0) is 6.42 Å². The fourth-order valence-electron chi connectivity index (χ4n) is 1.77. The number of nitrogens with two attached hydrogens (primary N) is 1. The molecule has 7 nitrogen and oxygen atoms in total. The molecule has 0 aliphatic carbocycles. The quantitative estimate of drug-likeness (QED) is 0.592. The van der Waals surface area contributed by atoms with Gasteiger partial charge in [0, 0.05) is 24.8 Å². The summed E-state index contributed by atoms with van der Waals surface area (Å²) in [5.74, 6) is 1.03. The Kier molecular flexibility index (Phi) is 6.72. The van der Waals surface area contributed by atoms with Gasteiger partial charge in [0.2, 0.25) is 0 Å². The molecule has 0 fully saturated rings. The Morgan fingerprint density at radius 1 is 1.50 bits per heavy atom. The number of hydrogen-bond donors (Lipinski definition) is 4. The molecule has 0 bridgehead atoms. The number of aryl methyl sites for hydroxylation is 1. The number of nitrogens with one attached hydrogen (secondary N) is 3. The van der Waals surface area contributed by atoms with E-state index in [2.05, 4.69) is 34.4 Å². The number of anilines is 1. The van der Waals surface area contributed by atoms with Gasteiger partial charge in [-0.15, -0.1) is 0 Å². The Morgan fingerprint density at radius 3 is 2.90 bits per heavy atom. The lowest BCUT2D eigenvalue weighted by Crippen LogP contribution is -2.34. The monoisotopic (exact) mass is 281 g/mol. The van der Waals surface area contributed by atoms with Crippen molar-refractivity contribution in [1.29, 1.82) is 0 Å². The third kappa shape index (κ3) is 5.83. The summed E-state index contributed by atoms with van der Waals surface area (Å²) < 4.78 is 0. The van der Waals surface area contributed by atoms with E-state index < -0.39 is 5.69 Å². The van der Waals surface area contributed by atoms with Crippen molar-refractivity contribution in [2.45, 2.75) is 33.1 Å². The summed E-state index contributed by atoms with van der Waals surface area (Å²) >= 11 is 0. The molecule has 1 aromatic heterocycles. The molecule has 0 unspecified atom stereocenters. The Hall–Kier alpha value is -1.89. The van der Waals surface area contributed by atoms with E-state index >= 15 is 0 Å². The molecule has 112 valence electrons. The maximum absolute atomic E-state index is 11.6. The molecule has 0 saturated carbocycles. The lowest BCUT2D eigenvalue weighted by Gasteiger charge is -2.11. The van der Waals surface area contributed by atoms with E-state index in [1.807, 2.05) is 0 Å². The Balaban J connectivity index is 2.69. The molecule has 1 aromatic rings. The zero-order valence-electron chi connectivity index (χ0n) is 12.0. The Labute approximate surface area is 118 Å². The van der Waals surface area contributed by atoms with E-state index in [-0.39, 0.29) is 6.03 Å². The van der Waals surface area contributed by atoms with Crippen molar-refractivity contribution < 1.29 is 4.79 Å². The normalized spacial score (nSPS) is 10.6. The first kappa shape index (κ1) is 16.2. The summed E-state index contributed by atoms with van der Waals surface area (Å²) in [5.41, 5.74) is 5.66. The van der Waals surface area contributed by atoms with Crippen molar-refractivity contribution in [2.24, 2.45) is 11.7 Å². The van der Waals surface area contributed by atoms with Gasteiger partial charge < -0.3 is 11.1 Å². The molecule has 0 radical (unpaired) electrons. The molecule has 0 atom stereocenters. The number of aromatic nitrogens is 2. The smallest absolute Gasteiger partial charge is 0.337 e. The van der Waals surface area contributed by atoms with Crippen molar-refractivity contribution in [3.63, 3.8) is 0 Å². The number of rotatable bonds is 7. The minimum atomic E-state index is -0.480. The first-order valence-corrected chi connectivity index (χ1v) is 6.86. The van der Waals surface area contributed by atoms with Gasteiger partial charge >= 0.3 is 11.7 Å². The van der Waals surface area contributed by atoms with Gasteiger partial charge in [0.25, 0.3) is 0 Å². The number of carbonyl (C=O) groups is 1. The average Bonchev–Trinajstić information content (AvgIpc) is 2.38. The van der Waals surface area contributed by atoms with Crippen molar-refractivity contribution in [3.05, 3.63) is 22.2 Å². The molecule has 0 aliphatic heterocycles. The molecule has 1 rings (SSSR count). The number of urea groups is 1. The zero-order valence-corrected chi connectivity index (χ0v) is 12.0. The number of H-pyrrole nitrogens is 1. The number of aromatic amines is 1. The molecule has 0 aromatic carbocycles. The van der Waals surface area contributed by atoms with Gasteiger partial charge in [0.1, 0.15) is 5.82 Å². The lowest BCUT2D eigenvalue weighted by atomic mass is 10.0. The molecule has 0 spiro atoms. The largest absolute Gasteiger partial charge is 0.346 e. The van der Waals surface area contributed by atoms with E-state index in [0.717, 1.165) is 24.8 Å². The van der Waals surface area contributed by atoms with Crippen molar-refractivity contribution in [3.8, 4) is 0 Å². The second-order valence-corrected chi connectivity index (χ2v) is 5.04. The summed E-state index contributed by atoms with van der Waals surface area (Å²) in [7, 11) is 0. The predicted molar refractivity (Wildman–Crippen MR) is 78.7 cm³/mol. The van der Waals surface area contributed by atoms with Gasteiger partial charge in [0.15, 0.2) is 0 Å². The molecule has 5 N–H and O–H groups in total. The Morgan fingerprint density at radius 2 is 2.25 bits per heavy atom. The molecule has 2 amide bonds. The molecule has 0 aliphatic rings. The summed E-state index contributed by atoms with van der Waals surface area (Å²) in [4.78, 5) is 29.1. The van der Waals surface area contributed by atoms with Crippen molar-refractivity contribution >= 4 is 11.8 Å². The van der Waals surface area contributed by atoms with Crippen LogP contribution in [0.15, 0.2) is 11.0 Å². The number of nitrogens with zero attached hydrogens (tertiary/aromatic N) is 1. The molecule has 7 heteroatoms. The predicted octanol–water partition coefficient (Wildman–Crippen LogP) is 0.829. The van der Waals surface area contributed by atoms with E-state index in [1.54, 1.807) is 0 Å². The minimum absolute atomic E-state index is 0.363. The van der Waals surface area contributed by atoms with Crippen LogP contribution in [0, 0.1) is 5.92 Å². The molecule has 0 saturated heterocycles. The fraction of sp³-hybridized carbons (Fsp3) is 0.615. The van der Waals surface area contributed by atoms with Crippen LogP contribution in [0.5, 0.6) is 0 Å². The third-order valence-corrected chi connectivity index (χ3v) is 2.79. The average molecular weight is 281 g/mol. The van der Waals surface area contributed by atoms with Gasteiger partial charge in [-0.05, 0) is 18.8 Å². The van der Waals surface area contributed by atoms with Crippen LogP contribution in [-0.4, -0.2) is 29.1 Å². The van der Waals surface area contributed by atoms with E-state index in [0.29, 0.717) is 24.8 Å². The maximum Gasteiger partial charge on any atom is 0.346 e. The highest BCUT2D eigenvalue weighted by molar-refractivity contribution is 5.88. The summed E-state index contributed by atoms with van der Waals surface area (Å²) in [5, 5.41) is 5.21. The highest BCUT2D eigenvalue weighted by Gasteiger charge is 2.08. The molecular formula is C13H23N5O2. The number of hydrogen-bond acceptors (Lipinski definition) is 4. The second kappa shape index (κ2) is 8.31. The lowest BCUT2D eigenvalue weighted by molar-refractivity contribution is 0.252. The van der Waals surface area contributed by atoms with Crippen LogP contribution in [0.2, 0.25) is 0 Å². The topological polar surface area (TPSA) is 113 Å². The van der Waals surface area contributed by atoms with Gasteiger partial charge in [-0.1, -0.05) is 20.3 Å². The van der Waals surface area contributed by atoms with E-state index in [9.17, 15) is 9.59 Å². The maximum atomic E-state index is 11.6. The van der Waals surface area contributed by atoms with Crippen LogP contribution in [0.25, 0.3) is 0 Å². The first-order valence-electron chi connectivity index (χ1n) is 6.86. The van der Waals surface area contributed by atoms with Crippen LogP contribution >= 0.6 is 0 Å². The van der Waals surface area contributed by atoms with Crippen LogP contribution in [0.4, 0.5) is 10.6 Å².